The Kier molecular flexibility index (Phi) is 5.36. The predicted molar refractivity (Wildman–Crippen MR) is 73.1 cm³/mol. The molecule has 0 saturated heterocycles. The first-order valence-electron chi connectivity index (χ1n) is 6.34. The average molecular weight is 264 g/mol. The Morgan fingerprint density at radius 2 is 2.05 bits per heavy atom. The van der Waals surface area contributed by atoms with Crippen LogP contribution in [0, 0.1) is 6.92 Å². The predicted octanol–water partition coefficient (Wildman–Crippen LogP) is 1.35. The van der Waals surface area contributed by atoms with Crippen LogP contribution in [0.15, 0.2) is 18.2 Å². The highest BCUT2D eigenvalue weighted by Gasteiger charge is 2.18. The van der Waals surface area contributed by atoms with Crippen LogP contribution in [-0.4, -0.2) is 29.5 Å². The largest absolute Gasteiger partial charge is 0.507 e. The minimum absolute atomic E-state index is 0.0846. The van der Waals surface area contributed by atoms with E-state index in [1.54, 1.807) is 13.0 Å². The van der Waals surface area contributed by atoms with Gasteiger partial charge in [-0.2, -0.15) is 0 Å². The quantitative estimate of drug-likeness (QED) is 0.751. The summed E-state index contributed by atoms with van der Waals surface area (Å²) >= 11 is 0. The molecule has 3 N–H and O–H groups in total. The maximum atomic E-state index is 11.9. The first-order valence-corrected chi connectivity index (χ1v) is 6.34. The second-order valence-electron chi connectivity index (χ2n) is 4.51. The number of amides is 2. The van der Waals surface area contributed by atoms with Crippen LogP contribution in [-0.2, 0) is 4.79 Å². The van der Waals surface area contributed by atoms with Crippen molar-refractivity contribution in [1.82, 2.24) is 10.6 Å². The van der Waals surface area contributed by atoms with Gasteiger partial charge in [-0.15, -0.1) is 0 Å². The molecule has 0 aliphatic heterocycles. The summed E-state index contributed by atoms with van der Waals surface area (Å²) in [4.78, 5) is 23.5. The summed E-state index contributed by atoms with van der Waals surface area (Å²) in [5, 5.41) is 14.9. The Bertz CT molecular complexity index is 472. The standard InChI is InChI=1S/C14H20N2O3/c1-4-7-15-13(18)10(3)16-14(19)11-6-5-9(2)8-12(11)17/h5-6,8,10,17H,4,7H2,1-3H3,(H,15,18)(H,16,19). The van der Waals surface area contributed by atoms with Crippen molar-refractivity contribution in [2.24, 2.45) is 0 Å². The third-order valence-electron chi connectivity index (χ3n) is 2.69. The first kappa shape index (κ1) is 15.0. The van der Waals surface area contributed by atoms with Crippen molar-refractivity contribution in [3.63, 3.8) is 0 Å². The van der Waals surface area contributed by atoms with E-state index >= 15 is 0 Å². The van der Waals surface area contributed by atoms with E-state index in [0.717, 1.165) is 12.0 Å². The molecule has 5 nitrogen and oxygen atoms in total. The lowest BCUT2D eigenvalue weighted by Crippen LogP contribution is -2.45. The summed E-state index contributed by atoms with van der Waals surface area (Å²) in [5.74, 6) is -0.780. The van der Waals surface area contributed by atoms with Crippen molar-refractivity contribution in [2.75, 3.05) is 6.54 Å². The normalized spacial score (nSPS) is 11.7. The lowest BCUT2D eigenvalue weighted by atomic mass is 10.1. The lowest BCUT2D eigenvalue weighted by molar-refractivity contribution is -0.122. The number of aryl methyl sites for hydroxylation is 1. The van der Waals surface area contributed by atoms with Gasteiger partial charge in [-0.25, -0.2) is 0 Å². The summed E-state index contributed by atoms with van der Waals surface area (Å²) < 4.78 is 0. The molecular formula is C14H20N2O3. The molecule has 1 atom stereocenters. The van der Waals surface area contributed by atoms with E-state index in [1.165, 1.54) is 12.1 Å². The molecule has 0 radical (unpaired) electrons. The Morgan fingerprint density at radius 1 is 1.37 bits per heavy atom. The molecule has 0 aromatic heterocycles. The number of hydrogen-bond acceptors (Lipinski definition) is 3. The zero-order valence-electron chi connectivity index (χ0n) is 11.5. The zero-order chi connectivity index (χ0) is 14.4. The van der Waals surface area contributed by atoms with Gasteiger partial charge in [-0.3, -0.25) is 9.59 Å². The molecule has 0 aliphatic rings. The van der Waals surface area contributed by atoms with E-state index in [-0.39, 0.29) is 17.2 Å². The lowest BCUT2D eigenvalue weighted by Gasteiger charge is -2.14. The SMILES string of the molecule is CCCNC(=O)C(C)NC(=O)c1ccc(C)cc1O. The maximum Gasteiger partial charge on any atom is 0.255 e. The zero-order valence-corrected chi connectivity index (χ0v) is 11.5. The van der Waals surface area contributed by atoms with Gasteiger partial charge in [-0.05, 0) is 38.0 Å². The summed E-state index contributed by atoms with van der Waals surface area (Å²) in [7, 11) is 0. The van der Waals surface area contributed by atoms with Crippen LogP contribution in [0.3, 0.4) is 0 Å². The molecule has 0 spiro atoms. The van der Waals surface area contributed by atoms with E-state index < -0.39 is 11.9 Å². The Morgan fingerprint density at radius 3 is 2.63 bits per heavy atom. The minimum atomic E-state index is -0.639. The van der Waals surface area contributed by atoms with E-state index in [1.807, 2.05) is 13.8 Å². The first-order chi connectivity index (χ1) is 8.95. The molecule has 19 heavy (non-hydrogen) atoms. The van der Waals surface area contributed by atoms with Crippen molar-refractivity contribution in [3.05, 3.63) is 29.3 Å². The topological polar surface area (TPSA) is 78.4 Å². The molecule has 1 aromatic carbocycles. The molecule has 0 fully saturated rings. The van der Waals surface area contributed by atoms with Gasteiger partial charge in [-0.1, -0.05) is 13.0 Å². The average Bonchev–Trinajstić information content (AvgIpc) is 2.35. The van der Waals surface area contributed by atoms with Crippen LogP contribution in [0.1, 0.15) is 36.2 Å². The summed E-state index contributed by atoms with van der Waals surface area (Å²) in [5.41, 5.74) is 1.03. The van der Waals surface area contributed by atoms with Gasteiger partial charge in [0.05, 0.1) is 5.56 Å². The van der Waals surface area contributed by atoms with Gasteiger partial charge >= 0.3 is 0 Å². The van der Waals surface area contributed by atoms with Gasteiger partial charge in [0.15, 0.2) is 0 Å². The summed E-state index contributed by atoms with van der Waals surface area (Å²) in [6, 6.07) is 4.14. The van der Waals surface area contributed by atoms with Crippen molar-refractivity contribution < 1.29 is 14.7 Å². The molecule has 0 aliphatic carbocycles. The molecule has 1 unspecified atom stereocenters. The number of hydrogen-bond donors (Lipinski definition) is 3. The Hall–Kier alpha value is -2.04. The number of carbonyl (C=O) groups excluding carboxylic acids is 2. The van der Waals surface area contributed by atoms with Crippen molar-refractivity contribution in [2.45, 2.75) is 33.2 Å². The third kappa shape index (κ3) is 4.28. The second kappa shape index (κ2) is 6.78. The highest BCUT2D eigenvalue weighted by Crippen LogP contribution is 2.18. The number of nitrogens with one attached hydrogen (secondary N) is 2. The monoisotopic (exact) mass is 264 g/mol. The molecule has 1 rings (SSSR count). The highest BCUT2D eigenvalue weighted by molar-refractivity contribution is 5.99. The Balaban J connectivity index is 2.66. The van der Waals surface area contributed by atoms with Crippen LogP contribution in [0.5, 0.6) is 5.75 Å². The van der Waals surface area contributed by atoms with E-state index in [2.05, 4.69) is 10.6 Å². The second-order valence-corrected chi connectivity index (χ2v) is 4.51. The number of benzene rings is 1. The molecule has 104 valence electrons. The van der Waals surface area contributed by atoms with Crippen LogP contribution in [0.2, 0.25) is 0 Å². The molecule has 0 bridgehead atoms. The summed E-state index contributed by atoms with van der Waals surface area (Å²) in [6.07, 6.45) is 0.838. The summed E-state index contributed by atoms with van der Waals surface area (Å²) in [6.45, 7) is 5.96. The molecule has 0 heterocycles. The minimum Gasteiger partial charge on any atom is -0.507 e. The van der Waals surface area contributed by atoms with Crippen LogP contribution >= 0.6 is 0 Å². The van der Waals surface area contributed by atoms with Gasteiger partial charge in [0.1, 0.15) is 11.8 Å². The molecule has 2 amide bonds. The van der Waals surface area contributed by atoms with Gasteiger partial charge in [0, 0.05) is 6.54 Å². The van der Waals surface area contributed by atoms with E-state index in [0.29, 0.717) is 6.54 Å². The fourth-order valence-corrected chi connectivity index (χ4v) is 1.57. The van der Waals surface area contributed by atoms with Crippen LogP contribution in [0.25, 0.3) is 0 Å². The Labute approximate surface area is 113 Å². The molecular weight excluding hydrogens is 244 g/mol. The number of aromatic hydroxyl groups is 1. The number of rotatable bonds is 5. The van der Waals surface area contributed by atoms with Crippen molar-refractivity contribution in [3.8, 4) is 5.75 Å². The number of carbonyl (C=O) groups is 2. The highest BCUT2D eigenvalue weighted by atomic mass is 16.3. The van der Waals surface area contributed by atoms with Crippen molar-refractivity contribution in [1.29, 1.82) is 0 Å². The van der Waals surface area contributed by atoms with Crippen LogP contribution < -0.4 is 10.6 Å². The number of phenolic OH excluding ortho intramolecular Hbond substituents is 1. The van der Waals surface area contributed by atoms with Gasteiger partial charge in [0.25, 0.3) is 5.91 Å². The fourth-order valence-electron chi connectivity index (χ4n) is 1.57. The molecule has 0 saturated carbocycles. The fraction of sp³-hybridized carbons (Fsp3) is 0.429. The molecule has 1 aromatic rings. The van der Waals surface area contributed by atoms with E-state index in [4.69, 9.17) is 0 Å². The number of phenols is 1. The third-order valence-corrected chi connectivity index (χ3v) is 2.69. The molecule has 5 heteroatoms. The smallest absolute Gasteiger partial charge is 0.255 e. The van der Waals surface area contributed by atoms with Crippen LogP contribution in [0.4, 0.5) is 0 Å². The maximum absolute atomic E-state index is 11.9. The van der Waals surface area contributed by atoms with Gasteiger partial charge in [0.2, 0.25) is 5.91 Å². The van der Waals surface area contributed by atoms with Gasteiger partial charge < -0.3 is 15.7 Å². The van der Waals surface area contributed by atoms with Crippen molar-refractivity contribution >= 4 is 11.8 Å². The van der Waals surface area contributed by atoms with E-state index in [9.17, 15) is 14.7 Å².